The largest absolute Gasteiger partial charge is 0.302 e. The van der Waals surface area contributed by atoms with Gasteiger partial charge in [0.1, 0.15) is 0 Å². The van der Waals surface area contributed by atoms with Crippen LogP contribution in [0.25, 0.3) is 0 Å². The number of carbonyl (C=O) groups excluding carboxylic acids is 1. The third-order valence-corrected chi connectivity index (χ3v) is 5.18. The molecule has 0 aromatic carbocycles. The number of nitrogens with one attached hydrogen (secondary N) is 1. The molecule has 0 spiro atoms. The minimum atomic E-state index is 0.187. The highest BCUT2D eigenvalue weighted by Gasteiger charge is 2.25. The standard InChI is InChI=1S/C14H20N2OS/c1-9-6-7-11-12(8-9)18-14(15-11)16-13(17)10-4-2-3-5-10/h9-10H,2-8H2,1H3,(H,15,16,17)/t9-/m0/s1. The Hall–Kier alpha value is -0.900. The van der Waals surface area contributed by atoms with Crippen LogP contribution < -0.4 is 5.32 Å². The van der Waals surface area contributed by atoms with E-state index in [-0.39, 0.29) is 11.8 Å². The van der Waals surface area contributed by atoms with Gasteiger partial charge in [-0.05, 0) is 38.0 Å². The maximum atomic E-state index is 12.0. The summed E-state index contributed by atoms with van der Waals surface area (Å²) < 4.78 is 0. The summed E-state index contributed by atoms with van der Waals surface area (Å²) in [5.41, 5.74) is 1.22. The molecule has 1 atom stereocenters. The van der Waals surface area contributed by atoms with Crippen molar-refractivity contribution < 1.29 is 4.79 Å². The third kappa shape index (κ3) is 2.44. The van der Waals surface area contributed by atoms with Crippen LogP contribution in [0.2, 0.25) is 0 Å². The zero-order valence-electron chi connectivity index (χ0n) is 10.9. The number of carbonyl (C=O) groups is 1. The van der Waals surface area contributed by atoms with E-state index in [4.69, 9.17) is 0 Å². The lowest BCUT2D eigenvalue weighted by atomic mass is 9.93. The first-order valence-corrected chi connectivity index (χ1v) is 7.83. The van der Waals surface area contributed by atoms with E-state index in [0.29, 0.717) is 0 Å². The van der Waals surface area contributed by atoms with E-state index in [2.05, 4.69) is 17.2 Å². The van der Waals surface area contributed by atoms with Gasteiger partial charge in [0.05, 0.1) is 5.69 Å². The molecule has 1 aromatic rings. The quantitative estimate of drug-likeness (QED) is 0.889. The second-order valence-corrected chi connectivity index (χ2v) is 6.79. The van der Waals surface area contributed by atoms with Crippen LogP contribution in [0.3, 0.4) is 0 Å². The number of aryl methyl sites for hydroxylation is 1. The highest BCUT2D eigenvalue weighted by Crippen LogP contribution is 2.33. The zero-order valence-corrected chi connectivity index (χ0v) is 11.7. The van der Waals surface area contributed by atoms with Gasteiger partial charge in [0.2, 0.25) is 5.91 Å². The number of thiazole rings is 1. The van der Waals surface area contributed by atoms with Crippen LogP contribution in [0.15, 0.2) is 0 Å². The lowest BCUT2D eigenvalue weighted by molar-refractivity contribution is -0.119. The molecule has 4 heteroatoms. The molecule has 0 unspecified atom stereocenters. The molecule has 1 N–H and O–H groups in total. The summed E-state index contributed by atoms with van der Waals surface area (Å²) in [6.45, 7) is 2.29. The number of anilines is 1. The molecule has 18 heavy (non-hydrogen) atoms. The fourth-order valence-electron chi connectivity index (χ4n) is 2.99. The van der Waals surface area contributed by atoms with Crippen LogP contribution in [0, 0.1) is 11.8 Å². The molecule has 2 aliphatic rings. The van der Waals surface area contributed by atoms with Gasteiger partial charge < -0.3 is 5.32 Å². The van der Waals surface area contributed by atoms with Gasteiger partial charge in [-0.15, -0.1) is 11.3 Å². The van der Waals surface area contributed by atoms with Crippen molar-refractivity contribution in [1.82, 2.24) is 4.98 Å². The van der Waals surface area contributed by atoms with Crippen molar-refractivity contribution >= 4 is 22.4 Å². The van der Waals surface area contributed by atoms with E-state index in [1.54, 1.807) is 11.3 Å². The van der Waals surface area contributed by atoms with E-state index in [1.807, 2.05) is 0 Å². The molecule has 1 saturated carbocycles. The van der Waals surface area contributed by atoms with E-state index >= 15 is 0 Å². The molecule has 2 aliphatic carbocycles. The molecule has 1 fully saturated rings. The van der Waals surface area contributed by atoms with Crippen molar-refractivity contribution in [1.29, 1.82) is 0 Å². The van der Waals surface area contributed by atoms with Crippen molar-refractivity contribution in [3.8, 4) is 0 Å². The van der Waals surface area contributed by atoms with Gasteiger partial charge in [-0.3, -0.25) is 4.79 Å². The Balaban J connectivity index is 1.68. The third-order valence-electron chi connectivity index (χ3n) is 4.14. The number of amides is 1. The van der Waals surface area contributed by atoms with Crippen LogP contribution in [0.5, 0.6) is 0 Å². The van der Waals surface area contributed by atoms with Crippen molar-refractivity contribution in [2.45, 2.75) is 51.9 Å². The Kier molecular flexibility index (Phi) is 3.37. The Morgan fingerprint density at radius 1 is 1.33 bits per heavy atom. The number of rotatable bonds is 2. The van der Waals surface area contributed by atoms with Crippen molar-refractivity contribution in [2.75, 3.05) is 5.32 Å². The van der Waals surface area contributed by atoms with Crippen LogP contribution in [0.1, 0.15) is 49.6 Å². The first kappa shape index (κ1) is 12.2. The fourth-order valence-corrected chi connectivity index (χ4v) is 4.16. The summed E-state index contributed by atoms with van der Waals surface area (Å²) >= 11 is 1.68. The van der Waals surface area contributed by atoms with Gasteiger partial charge in [-0.25, -0.2) is 4.98 Å². The first-order valence-electron chi connectivity index (χ1n) is 7.02. The van der Waals surface area contributed by atoms with Gasteiger partial charge in [-0.1, -0.05) is 19.8 Å². The van der Waals surface area contributed by atoms with Gasteiger partial charge in [0.15, 0.2) is 5.13 Å². The molecule has 0 aliphatic heterocycles. The van der Waals surface area contributed by atoms with Crippen LogP contribution in [-0.4, -0.2) is 10.9 Å². The van der Waals surface area contributed by atoms with Crippen LogP contribution >= 0.6 is 11.3 Å². The van der Waals surface area contributed by atoms with E-state index in [0.717, 1.165) is 36.7 Å². The number of aromatic nitrogens is 1. The Morgan fingerprint density at radius 2 is 2.11 bits per heavy atom. The molecule has 0 radical (unpaired) electrons. The Labute approximate surface area is 112 Å². The van der Waals surface area contributed by atoms with Gasteiger partial charge >= 0.3 is 0 Å². The minimum Gasteiger partial charge on any atom is -0.302 e. The Morgan fingerprint density at radius 3 is 2.89 bits per heavy atom. The summed E-state index contributed by atoms with van der Waals surface area (Å²) in [6.07, 6.45) is 7.93. The molecule has 0 saturated heterocycles. The predicted molar refractivity (Wildman–Crippen MR) is 73.9 cm³/mol. The summed E-state index contributed by atoms with van der Waals surface area (Å²) in [4.78, 5) is 18.0. The maximum absolute atomic E-state index is 12.0. The smallest absolute Gasteiger partial charge is 0.229 e. The van der Waals surface area contributed by atoms with Gasteiger partial charge in [0, 0.05) is 10.8 Å². The maximum Gasteiger partial charge on any atom is 0.229 e. The molecule has 1 amide bonds. The SMILES string of the molecule is C[C@H]1CCc2nc(NC(=O)C3CCCC3)sc2C1. The van der Waals surface area contributed by atoms with E-state index in [9.17, 15) is 4.79 Å². The average molecular weight is 264 g/mol. The van der Waals surface area contributed by atoms with Gasteiger partial charge in [0.25, 0.3) is 0 Å². The molecular weight excluding hydrogens is 244 g/mol. The first-order chi connectivity index (χ1) is 8.72. The van der Waals surface area contributed by atoms with Crippen molar-refractivity contribution in [3.63, 3.8) is 0 Å². The number of nitrogens with zero attached hydrogens (tertiary/aromatic N) is 1. The Bertz CT molecular complexity index is 449. The second-order valence-electron chi connectivity index (χ2n) is 5.71. The van der Waals surface area contributed by atoms with Crippen molar-refractivity contribution in [3.05, 3.63) is 10.6 Å². The molecule has 0 bridgehead atoms. The number of hydrogen-bond donors (Lipinski definition) is 1. The fraction of sp³-hybridized carbons (Fsp3) is 0.714. The summed E-state index contributed by atoms with van der Waals surface area (Å²) in [7, 11) is 0. The topological polar surface area (TPSA) is 42.0 Å². The van der Waals surface area contributed by atoms with E-state index in [1.165, 1.54) is 29.8 Å². The molecule has 3 nitrogen and oxygen atoms in total. The highest BCUT2D eigenvalue weighted by molar-refractivity contribution is 7.15. The van der Waals surface area contributed by atoms with Gasteiger partial charge in [-0.2, -0.15) is 0 Å². The summed E-state index contributed by atoms with van der Waals surface area (Å²) in [6, 6.07) is 0. The highest BCUT2D eigenvalue weighted by atomic mass is 32.1. The number of fused-ring (bicyclic) bond motifs is 1. The normalized spacial score (nSPS) is 23.9. The monoisotopic (exact) mass is 264 g/mol. The van der Waals surface area contributed by atoms with E-state index < -0.39 is 0 Å². The average Bonchev–Trinajstić information content (AvgIpc) is 2.95. The molecule has 1 heterocycles. The molecule has 3 rings (SSSR count). The zero-order chi connectivity index (χ0) is 12.5. The minimum absolute atomic E-state index is 0.187. The van der Waals surface area contributed by atoms with Crippen LogP contribution in [0.4, 0.5) is 5.13 Å². The summed E-state index contributed by atoms with van der Waals surface area (Å²) in [5.74, 6) is 1.17. The lowest BCUT2D eigenvalue weighted by Gasteiger charge is -2.15. The lowest BCUT2D eigenvalue weighted by Crippen LogP contribution is -2.20. The summed E-state index contributed by atoms with van der Waals surface area (Å²) in [5, 5.41) is 3.85. The molecule has 1 aromatic heterocycles. The molecule has 98 valence electrons. The van der Waals surface area contributed by atoms with Crippen LogP contribution in [-0.2, 0) is 17.6 Å². The molecular formula is C14H20N2OS. The number of hydrogen-bond acceptors (Lipinski definition) is 3. The predicted octanol–water partition coefficient (Wildman–Crippen LogP) is 3.40. The van der Waals surface area contributed by atoms with Crippen molar-refractivity contribution in [2.24, 2.45) is 11.8 Å². The second kappa shape index (κ2) is 5.00.